The lowest BCUT2D eigenvalue weighted by molar-refractivity contribution is -0.139. The summed E-state index contributed by atoms with van der Waals surface area (Å²) >= 11 is 1.63. The molecule has 1 unspecified atom stereocenters. The van der Waals surface area contributed by atoms with Crippen LogP contribution < -0.4 is 0 Å². The topological polar surface area (TPSA) is 57.6 Å². The monoisotopic (exact) mass is 261 g/mol. The molecule has 0 spiro atoms. The predicted octanol–water partition coefficient (Wildman–Crippen LogP) is 1.94. The maximum Gasteiger partial charge on any atom is 0.305 e. The van der Waals surface area contributed by atoms with E-state index in [0.29, 0.717) is 19.0 Å². The molecule has 4 nitrogen and oxygen atoms in total. The first kappa shape index (κ1) is 16.3. The number of aliphatic carboxylic acids is 1. The van der Waals surface area contributed by atoms with Crippen LogP contribution in [0.2, 0.25) is 0 Å². The molecule has 100 valence electrons. The Morgan fingerprint density at radius 3 is 2.29 bits per heavy atom. The van der Waals surface area contributed by atoms with Crippen molar-refractivity contribution in [3.05, 3.63) is 0 Å². The molecular formula is C12H23NO3S. The standard InChI is InChI=1S/C12H23NO3S/c1-9(2)7-13(6-5-11(14)15)12(16)10(3)8-17-4/h9-10H,5-8H2,1-4H3,(H,14,15). The molecular weight excluding hydrogens is 238 g/mol. The zero-order chi connectivity index (χ0) is 13.4. The van der Waals surface area contributed by atoms with Gasteiger partial charge in [0.1, 0.15) is 0 Å². The van der Waals surface area contributed by atoms with Gasteiger partial charge in [-0.15, -0.1) is 0 Å². The second-order valence-corrected chi connectivity index (χ2v) is 5.59. The molecule has 0 aromatic heterocycles. The Bertz CT molecular complexity index is 256. The van der Waals surface area contributed by atoms with Crippen LogP contribution in [0.5, 0.6) is 0 Å². The number of hydrogen-bond acceptors (Lipinski definition) is 3. The first-order valence-electron chi connectivity index (χ1n) is 5.88. The molecule has 0 fully saturated rings. The molecule has 0 aliphatic carbocycles. The summed E-state index contributed by atoms with van der Waals surface area (Å²) in [5.74, 6) is 0.297. The van der Waals surface area contributed by atoms with E-state index in [-0.39, 0.29) is 18.2 Å². The van der Waals surface area contributed by atoms with E-state index in [0.717, 1.165) is 5.75 Å². The lowest BCUT2D eigenvalue weighted by Crippen LogP contribution is -2.39. The van der Waals surface area contributed by atoms with Crippen molar-refractivity contribution in [1.82, 2.24) is 4.90 Å². The van der Waals surface area contributed by atoms with Crippen molar-refractivity contribution in [3.63, 3.8) is 0 Å². The van der Waals surface area contributed by atoms with Gasteiger partial charge in [-0.3, -0.25) is 9.59 Å². The summed E-state index contributed by atoms with van der Waals surface area (Å²) in [6, 6.07) is 0. The Hall–Kier alpha value is -0.710. The quantitative estimate of drug-likeness (QED) is 0.725. The van der Waals surface area contributed by atoms with E-state index in [1.165, 1.54) is 0 Å². The van der Waals surface area contributed by atoms with Crippen LogP contribution in [0.4, 0.5) is 0 Å². The smallest absolute Gasteiger partial charge is 0.305 e. The van der Waals surface area contributed by atoms with Gasteiger partial charge in [-0.1, -0.05) is 20.8 Å². The van der Waals surface area contributed by atoms with Gasteiger partial charge in [0.2, 0.25) is 5.91 Å². The summed E-state index contributed by atoms with van der Waals surface area (Å²) in [7, 11) is 0. The number of carbonyl (C=O) groups excluding carboxylic acids is 1. The Morgan fingerprint density at radius 1 is 1.29 bits per heavy atom. The summed E-state index contributed by atoms with van der Waals surface area (Å²) in [6.45, 7) is 6.89. The van der Waals surface area contributed by atoms with Crippen molar-refractivity contribution in [3.8, 4) is 0 Å². The Labute approximate surface area is 108 Å². The fraction of sp³-hybridized carbons (Fsp3) is 0.833. The van der Waals surface area contributed by atoms with Gasteiger partial charge in [0, 0.05) is 24.8 Å². The number of carbonyl (C=O) groups is 2. The summed E-state index contributed by atoms with van der Waals surface area (Å²) in [5, 5.41) is 8.68. The maximum atomic E-state index is 12.1. The van der Waals surface area contributed by atoms with Crippen LogP contribution in [-0.4, -0.2) is 47.0 Å². The summed E-state index contributed by atoms with van der Waals surface area (Å²) < 4.78 is 0. The number of carboxylic acids is 1. The molecule has 0 radical (unpaired) electrons. The minimum atomic E-state index is -0.857. The van der Waals surface area contributed by atoms with Crippen LogP contribution in [-0.2, 0) is 9.59 Å². The summed E-state index contributed by atoms with van der Waals surface area (Å²) in [4.78, 5) is 24.3. The van der Waals surface area contributed by atoms with Crippen molar-refractivity contribution in [2.75, 3.05) is 25.1 Å². The highest BCUT2D eigenvalue weighted by Crippen LogP contribution is 2.11. The SMILES string of the molecule is CSCC(C)C(=O)N(CCC(=O)O)CC(C)C. The molecule has 0 aliphatic heterocycles. The third kappa shape index (κ3) is 7.26. The van der Waals surface area contributed by atoms with Crippen molar-refractivity contribution in [1.29, 1.82) is 0 Å². The van der Waals surface area contributed by atoms with Gasteiger partial charge in [-0.2, -0.15) is 11.8 Å². The second-order valence-electron chi connectivity index (χ2n) is 4.68. The highest BCUT2D eigenvalue weighted by molar-refractivity contribution is 7.98. The number of hydrogen-bond donors (Lipinski definition) is 1. The molecule has 0 aliphatic rings. The van der Waals surface area contributed by atoms with E-state index >= 15 is 0 Å². The van der Waals surface area contributed by atoms with E-state index in [4.69, 9.17) is 5.11 Å². The zero-order valence-electron chi connectivity index (χ0n) is 11.1. The molecule has 0 bridgehead atoms. The van der Waals surface area contributed by atoms with Crippen molar-refractivity contribution < 1.29 is 14.7 Å². The van der Waals surface area contributed by atoms with E-state index < -0.39 is 5.97 Å². The molecule has 5 heteroatoms. The van der Waals surface area contributed by atoms with E-state index in [9.17, 15) is 9.59 Å². The van der Waals surface area contributed by atoms with Gasteiger partial charge >= 0.3 is 5.97 Å². The number of carboxylic acid groups (broad SMARTS) is 1. The lowest BCUT2D eigenvalue weighted by atomic mass is 10.1. The fourth-order valence-electron chi connectivity index (χ4n) is 1.60. The number of amides is 1. The lowest BCUT2D eigenvalue weighted by Gasteiger charge is -2.26. The first-order valence-corrected chi connectivity index (χ1v) is 7.27. The molecule has 1 amide bonds. The maximum absolute atomic E-state index is 12.1. The number of rotatable bonds is 8. The zero-order valence-corrected chi connectivity index (χ0v) is 11.9. The Balaban J connectivity index is 4.43. The van der Waals surface area contributed by atoms with E-state index in [1.54, 1.807) is 16.7 Å². The minimum Gasteiger partial charge on any atom is -0.481 e. The first-order chi connectivity index (χ1) is 7.88. The molecule has 17 heavy (non-hydrogen) atoms. The Morgan fingerprint density at radius 2 is 1.88 bits per heavy atom. The summed E-state index contributed by atoms with van der Waals surface area (Å²) in [5.41, 5.74) is 0. The fourth-order valence-corrected chi connectivity index (χ4v) is 2.24. The third-order valence-corrected chi connectivity index (χ3v) is 3.16. The van der Waals surface area contributed by atoms with Crippen LogP contribution in [0.15, 0.2) is 0 Å². The number of thioether (sulfide) groups is 1. The molecule has 0 aromatic carbocycles. The highest BCUT2D eigenvalue weighted by atomic mass is 32.2. The molecule has 0 heterocycles. The average molecular weight is 261 g/mol. The largest absolute Gasteiger partial charge is 0.481 e. The summed E-state index contributed by atoms with van der Waals surface area (Å²) in [6.07, 6.45) is 1.98. The average Bonchev–Trinajstić information content (AvgIpc) is 2.22. The van der Waals surface area contributed by atoms with Gasteiger partial charge < -0.3 is 10.0 Å². The third-order valence-electron chi connectivity index (χ3n) is 2.33. The van der Waals surface area contributed by atoms with E-state index in [2.05, 4.69) is 0 Å². The molecule has 0 rings (SSSR count). The van der Waals surface area contributed by atoms with Gasteiger partial charge in [-0.05, 0) is 12.2 Å². The van der Waals surface area contributed by atoms with Gasteiger partial charge in [-0.25, -0.2) is 0 Å². The second kappa shape index (κ2) is 8.39. The molecule has 0 aromatic rings. The van der Waals surface area contributed by atoms with Gasteiger partial charge in [0.05, 0.1) is 6.42 Å². The van der Waals surface area contributed by atoms with Crippen molar-refractivity contribution in [2.24, 2.45) is 11.8 Å². The van der Waals surface area contributed by atoms with Crippen LogP contribution in [0, 0.1) is 11.8 Å². The van der Waals surface area contributed by atoms with Crippen LogP contribution in [0.25, 0.3) is 0 Å². The molecule has 0 saturated heterocycles. The van der Waals surface area contributed by atoms with Gasteiger partial charge in [0.25, 0.3) is 0 Å². The van der Waals surface area contributed by atoms with Crippen molar-refractivity contribution in [2.45, 2.75) is 27.2 Å². The normalized spacial score (nSPS) is 12.5. The van der Waals surface area contributed by atoms with E-state index in [1.807, 2.05) is 27.0 Å². The van der Waals surface area contributed by atoms with Gasteiger partial charge in [0.15, 0.2) is 0 Å². The Kier molecular flexibility index (Phi) is 8.04. The molecule has 1 atom stereocenters. The number of nitrogens with zero attached hydrogens (tertiary/aromatic N) is 1. The molecule has 0 saturated carbocycles. The van der Waals surface area contributed by atoms with Crippen molar-refractivity contribution >= 4 is 23.6 Å². The minimum absolute atomic E-state index is 0.0183. The predicted molar refractivity (Wildman–Crippen MR) is 71.2 cm³/mol. The van der Waals surface area contributed by atoms with Crippen LogP contribution >= 0.6 is 11.8 Å². The van der Waals surface area contributed by atoms with Crippen LogP contribution in [0.1, 0.15) is 27.2 Å². The highest BCUT2D eigenvalue weighted by Gasteiger charge is 2.21. The van der Waals surface area contributed by atoms with Crippen LogP contribution in [0.3, 0.4) is 0 Å². The molecule has 1 N–H and O–H groups in total.